The van der Waals surface area contributed by atoms with Crippen LogP contribution in [0.1, 0.15) is 190 Å². The summed E-state index contributed by atoms with van der Waals surface area (Å²) < 4.78 is 0. The fourth-order valence-corrected chi connectivity index (χ4v) is 4.09. The summed E-state index contributed by atoms with van der Waals surface area (Å²) in [7, 11) is 0. The van der Waals surface area contributed by atoms with Crippen molar-refractivity contribution >= 4 is 23.1 Å². The minimum atomic E-state index is 0.0184. The number of pyridine rings is 2. The average molecular weight is 797 g/mol. The van der Waals surface area contributed by atoms with Gasteiger partial charge in [0.05, 0.1) is 0 Å². The van der Waals surface area contributed by atoms with Crippen molar-refractivity contribution < 1.29 is 19.2 Å². The maximum atomic E-state index is 11.7. The van der Waals surface area contributed by atoms with Gasteiger partial charge in [0.25, 0.3) is 0 Å². The molecule has 0 aliphatic heterocycles. The van der Waals surface area contributed by atoms with Crippen LogP contribution in [0.15, 0.2) is 85.7 Å². The van der Waals surface area contributed by atoms with Crippen molar-refractivity contribution in [3.8, 4) is 0 Å². The number of rotatable bonds is 10. The molecule has 3 aromatic heterocycles. The van der Waals surface area contributed by atoms with Crippen LogP contribution in [-0.4, -0.2) is 43.1 Å². The van der Waals surface area contributed by atoms with E-state index in [2.05, 4.69) is 88.3 Å². The molecular weight excluding hydrogens is 721 g/mol. The standard InChI is InChI=1S/C13H18O.2C12H17NO.C5H10O.C4H4N2.C4H10/c1-9(2)11-6-5-7-12(8-11)13(14)10(3)4;1-8(2)10-5-11(7-13-6-10)12(14)9(3)4;1-8(2)10-6-5-7-11(13-10)12(14)9(3)4;1-4(2)5(3)6;1-2-5-4-6-3-1;1-4(2)3/h5-10H,1-4H3;2*5-9H,1-4H3;4H,1-3H3;1-4H;4H,1-3H3. The topological polar surface area (TPSA) is 120 Å². The van der Waals surface area contributed by atoms with Crippen LogP contribution in [0, 0.1) is 29.6 Å². The number of aromatic nitrogens is 4. The summed E-state index contributed by atoms with van der Waals surface area (Å²) in [6, 6.07) is 17.3. The van der Waals surface area contributed by atoms with E-state index < -0.39 is 0 Å². The Morgan fingerprint density at radius 2 is 0.914 bits per heavy atom. The number of carbonyl (C=O) groups is 4. The lowest BCUT2D eigenvalue weighted by Gasteiger charge is -2.08. The SMILES string of the molecule is CC(=O)C(C)C.CC(C)C.CC(C)C(=O)c1cccc(C(C)C)c1.CC(C)C(=O)c1cccc(C(C)C)n1.CC(C)C(=O)c1cncc(C(C)C)c1.c1cncnc1. The molecule has 58 heavy (non-hydrogen) atoms. The van der Waals surface area contributed by atoms with Crippen LogP contribution < -0.4 is 0 Å². The Morgan fingerprint density at radius 1 is 0.466 bits per heavy atom. The zero-order valence-electron chi connectivity index (χ0n) is 39.1. The number of nitrogens with zero attached hydrogens (tertiary/aromatic N) is 4. The van der Waals surface area contributed by atoms with Gasteiger partial charge in [0, 0.05) is 65.3 Å². The Hall–Kier alpha value is -4.72. The van der Waals surface area contributed by atoms with E-state index >= 15 is 0 Å². The maximum absolute atomic E-state index is 11.7. The van der Waals surface area contributed by atoms with Crippen molar-refractivity contribution in [2.75, 3.05) is 0 Å². The second-order valence-corrected chi connectivity index (χ2v) is 17.0. The number of hydrogen-bond donors (Lipinski definition) is 0. The number of ketones is 4. The Balaban J connectivity index is 0. The van der Waals surface area contributed by atoms with Gasteiger partial charge in [0.2, 0.25) is 0 Å². The van der Waals surface area contributed by atoms with Gasteiger partial charge in [-0.25, -0.2) is 15.0 Å². The van der Waals surface area contributed by atoms with Crippen molar-refractivity contribution in [3.05, 3.63) is 119 Å². The molecule has 8 nitrogen and oxygen atoms in total. The van der Waals surface area contributed by atoms with Crippen molar-refractivity contribution in [1.82, 2.24) is 19.9 Å². The number of carbonyl (C=O) groups excluding carboxylic acids is 4. The van der Waals surface area contributed by atoms with E-state index in [-0.39, 0.29) is 46.8 Å². The Kier molecular flexibility index (Phi) is 29.0. The van der Waals surface area contributed by atoms with Crippen LogP contribution in [0.4, 0.5) is 0 Å². The fourth-order valence-electron chi connectivity index (χ4n) is 4.09. The van der Waals surface area contributed by atoms with Crippen molar-refractivity contribution in [1.29, 1.82) is 0 Å². The average Bonchev–Trinajstić information content (AvgIpc) is 3.18. The molecule has 0 unspecified atom stereocenters. The van der Waals surface area contributed by atoms with Gasteiger partial charge in [-0.2, -0.15) is 0 Å². The van der Waals surface area contributed by atoms with Crippen LogP contribution in [0.2, 0.25) is 0 Å². The van der Waals surface area contributed by atoms with Gasteiger partial charge in [0.1, 0.15) is 17.8 Å². The first-order valence-corrected chi connectivity index (χ1v) is 20.8. The van der Waals surface area contributed by atoms with E-state index in [4.69, 9.17) is 0 Å². The van der Waals surface area contributed by atoms with E-state index in [0.717, 1.165) is 28.3 Å². The van der Waals surface area contributed by atoms with Gasteiger partial charge in [0.15, 0.2) is 17.3 Å². The molecule has 8 heteroatoms. The summed E-state index contributed by atoms with van der Waals surface area (Å²) in [6.45, 7) is 36.0. The highest BCUT2D eigenvalue weighted by Crippen LogP contribution is 2.18. The molecule has 0 saturated carbocycles. The summed E-state index contributed by atoms with van der Waals surface area (Å²) in [5.74, 6) is 3.23. The molecule has 0 N–H and O–H groups in total. The summed E-state index contributed by atoms with van der Waals surface area (Å²) >= 11 is 0. The molecular formula is C50H76N4O4. The van der Waals surface area contributed by atoms with Gasteiger partial charge in [-0.1, -0.05) is 142 Å². The van der Waals surface area contributed by atoms with Crippen LogP contribution in [0.5, 0.6) is 0 Å². The maximum Gasteiger partial charge on any atom is 0.183 e. The molecule has 0 bridgehead atoms. The molecule has 0 spiro atoms. The highest BCUT2D eigenvalue weighted by Gasteiger charge is 2.14. The largest absolute Gasteiger partial charge is 0.300 e. The third-order valence-electron chi connectivity index (χ3n) is 8.03. The zero-order valence-corrected chi connectivity index (χ0v) is 39.1. The summed E-state index contributed by atoms with van der Waals surface area (Å²) in [4.78, 5) is 61.0. The number of benzene rings is 1. The predicted molar refractivity (Wildman–Crippen MR) is 243 cm³/mol. The van der Waals surface area contributed by atoms with Gasteiger partial charge in [-0.3, -0.25) is 24.2 Å². The Bertz CT molecular complexity index is 1550. The lowest BCUT2D eigenvalue weighted by molar-refractivity contribution is -0.119. The highest BCUT2D eigenvalue weighted by atomic mass is 16.1. The van der Waals surface area contributed by atoms with E-state index in [1.165, 1.54) is 11.9 Å². The molecule has 0 aliphatic rings. The molecule has 0 fully saturated rings. The smallest absolute Gasteiger partial charge is 0.183 e. The molecule has 0 saturated heterocycles. The second kappa shape index (κ2) is 30.4. The van der Waals surface area contributed by atoms with E-state index in [1.54, 1.807) is 37.6 Å². The normalized spacial score (nSPS) is 10.4. The van der Waals surface area contributed by atoms with E-state index in [9.17, 15) is 19.2 Å². The first-order valence-electron chi connectivity index (χ1n) is 20.8. The van der Waals surface area contributed by atoms with E-state index in [1.807, 2.05) is 98.0 Å². The third-order valence-corrected chi connectivity index (χ3v) is 8.03. The summed E-state index contributed by atoms with van der Waals surface area (Å²) in [6.07, 6.45) is 8.34. The lowest BCUT2D eigenvalue weighted by atomic mass is 9.96. The highest BCUT2D eigenvalue weighted by molar-refractivity contribution is 5.98. The van der Waals surface area contributed by atoms with Gasteiger partial charge < -0.3 is 0 Å². The lowest BCUT2D eigenvalue weighted by Crippen LogP contribution is -2.10. The van der Waals surface area contributed by atoms with Gasteiger partial charge in [-0.05, 0) is 72.1 Å². The minimum absolute atomic E-state index is 0.0184. The fraction of sp³-hybridized carbons (Fsp3) is 0.520. The minimum Gasteiger partial charge on any atom is -0.300 e. The molecule has 0 aliphatic carbocycles. The first-order chi connectivity index (χ1) is 26.9. The summed E-state index contributed by atoms with van der Waals surface area (Å²) in [5.41, 5.74) is 5.49. The van der Waals surface area contributed by atoms with Crippen molar-refractivity contribution in [2.45, 2.75) is 142 Å². The molecule has 0 atom stereocenters. The van der Waals surface area contributed by atoms with Crippen molar-refractivity contribution in [2.24, 2.45) is 29.6 Å². The molecule has 3 heterocycles. The predicted octanol–water partition coefficient (Wildman–Crippen LogP) is 13.1. The monoisotopic (exact) mass is 797 g/mol. The molecule has 0 amide bonds. The van der Waals surface area contributed by atoms with E-state index in [0.29, 0.717) is 23.4 Å². The van der Waals surface area contributed by atoms with Crippen molar-refractivity contribution in [3.63, 3.8) is 0 Å². The second-order valence-electron chi connectivity index (χ2n) is 17.0. The molecule has 1 aromatic carbocycles. The Morgan fingerprint density at radius 3 is 1.29 bits per heavy atom. The van der Waals surface area contributed by atoms with Crippen LogP contribution in [-0.2, 0) is 4.79 Å². The number of hydrogen-bond acceptors (Lipinski definition) is 8. The summed E-state index contributed by atoms with van der Waals surface area (Å²) in [5, 5.41) is 0. The molecule has 0 radical (unpaired) electrons. The van der Waals surface area contributed by atoms with Gasteiger partial charge in [-0.15, -0.1) is 0 Å². The molecule has 4 rings (SSSR count). The first kappa shape index (κ1) is 55.4. The Labute approximate surface area is 352 Å². The molecule has 320 valence electrons. The quantitative estimate of drug-likeness (QED) is 0.145. The van der Waals surface area contributed by atoms with Gasteiger partial charge >= 0.3 is 0 Å². The molecule has 4 aromatic rings. The van der Waals surface area contributed by atoms with Crippen LogP contribution in [0.25, 0.3) is 0 Å². The zero-order chi connectivity index (χ0) is 45.1. The van der Waals surface area contributed by atoms with Crippen LogP contribution >= 0.6 is 0 Å². The third kappa shape index (κ3) is 25.5. The van der Waals surface area contributed by atoms with Crippen LogP contribution in [0.3, 0.4) is 0 Å². The number of Topliss-reactive ketones (excluding diaryl/α,β-unsaturated/α-hetero) is 4.